The van der Waals surface area contributed by atoms with E-state index < -0.39 is 5.54 Å². The van der Waals surface area contributed by atoms with Crippen molar-refractivity contribution >= 4 is 23.5 Å². The number of hydrogen-bond acceptors (Lipinski definition) is 3. The first-order valence-corrected chi connectivity index (χ1v) is 7.94. The molecular weight excluding hydrogens is 302 g/mol. The first-order valence-electron chi connectivity index (χ1n) is 7.56. The monoisotopic (exact) mass is 321 g/mol. The Labute approximate surface area is 135 Å². The van der Waals surface area contributed by atoms with Crippen molar-refractivity contribution in [2.45, 2.75) is 38.3 Å². The maximum atomic E-state index is 12.9. The quantitative estimate of drug-likeness (QED) is 0.821. The summed E-state index contributed by atoms with van der Waals surface area (Å²) in [5.41, 5.74) is 0.643. The van der Waals surface area contributed by atoms with Crippen LogP contribution in [-0.2, 0) is 10.3 Å². The van der Waals surface area contributed by atoms with Gasteiger partial charge >= 0.3 is 6.03 Å². The number of aryl methyl sites for hydroxylation is 1. The molecule has 3 rings (SSSR count). The number of carbonyl (C=O) groups excluding carboxylic acids is 2. The van der Waals surface area contributed by atoms with Crippen LogP contribution in [0.15, 0.2) is 18.2 Å². The molecule has 2 N–H and O–H groups in total. The molecular formula is C16H20ClN3O2. The zero-order valence-corrected chi connectivity index (χ0v) is 13.5. The molecule has 0 radical (unpaired) electrons. The zero-order chi connectivity index (χ0) is 15.9. The molecule has 2 aliphatic heterocycles. The number of piperidine rings is 1. The van der Waals surface area contributed by atoms with Gasteiger partial charge in [0, 0.05) is 11.1 Å². The average Bonchev–Trinajstić information content (AvgIpc) is 2.73. The molecule has 2 heterocycles. The van der Waals surface area contributed by atoms with Gasteiger partial charge in [-0.25, -0.2) is 4.79 Å². The first-order chi connectivity index (χ1) is 10.4. The molecule has 6 heteroatoms. The number of amides is 3. The van der Waals surface area contributed by atoms with E-state index in [2.05, 4.69) is 10.6 Å². The van der Waals surface area contributed by atoms with Crippen LogP contribution in [-0.4, -0.2) is 36.0 Å². The summed E-state index contributed by atoms with van der Waals surface area (Å²) in [5.74, 6) is -0.175. The van der Waals surface area contributed by atoms with Crippen LogP contribution in [0.4, 0.5) is 4.79 Å². The van der Waals surface area contributed by atoms with Gasteiger partial charge in [-0.15, -0.1) is 0 Å². The fraction of sp³-hybridized carbons (Fsp3) is 0.500. The summed E-state index contributed by atoms with van der Waals surface area (Å²) in [6.07, 6.45) is 1.60. The number of carbonyl (C=O) groups is 2. The molecule has 3 amide bonds. The van der Waals surface area contributed by atoms with Crippen molar-refractivity contribution in [3.63, 3.8) is 0 Å². The summed E-state index contributed by atoms with van der Waals surface area (Å²) in [6.45, 7) is 5.31. The van der Waals surface area contributed by atoms with E-state index in [1.165, 1.54) is 4.90 Å². The largest absolute Gasteiger partial charge is 0.325 e. The Kier molecular flexibility index (Phi) is 3.87. The van der Waals surface area contributed by atoms with Crippen molar-refractivity contribution in [2.75, 3.05) is 13.1 Å². The molecule has 0 aliphatic carbocycles. The van der Waals surface area contributed by atoms with E-state index in [1.807, 2.05) is 13.0 Å². The average molecular weight is 322 g/mol. The number of imide groups is 1. The second kappa shape index (κ2) is 5.56. The lowest BCUT2D eigenvalue weighted by Gasteiger charge is -2.30. The van der Waals surface area contributed by atoms with E-state index in [4.69, 9.17) is 11.6 Å². The molecule has 0 aromatic heterocycles. The van der Waals surface area contributed by atoms with Gasteiger partial charge in [0.15, 0.2) is 0 Å². The fourth-order valence-corrected chi connectivity index (χ4v) is 3.33. The van der Waals surface area contributed by atoms with Gasteiger partial charge in [-0.1, -0.05) is 23.7 Å². The maximum Gasteiger partial charge on any atom is 0.325 e. The van der Waals surface area contributed by atoms with Crippen LogP contribution in [0.25, 0.3) is 0 Å². The Balaban J connectivity index is 1.92. The van der Waals surface area contributed by atoms with Crippen molar-refractivity contribution in [2.24, 2.45) is 0 Å². The number of benzene rings is 1. The number of urea groups is 1. The number of hydrogen-bond donors (Lipinski definition) is 2. The first kappa shape index (κ1) is 15.3. The minimum Gasteiger partial charge on any atom is -0.319 e. The van der Waals surface area contributed by atoms with Crippen LogP contribution in [0.1, 0.15) is 30.9 Å². The van der Waals surface area contributed by atoms with Gasteiger partial charge in [-0.05, 0) is 57.0 Å². The number of nitrogens with zero attached hydrogens (tertiary/aromatic N) is 1. The van der Waals surface area contributed by atoms with E-state index in [9.17, 15) is 9.59 Å². The van der Waals surface area contributed by atoms with Gasteiger partial charge in [0.25, 0.3) is 5.91 Å². The number of halogens is 1. The van der Waals surface area contributed by atoms with E-state index in [1.54, 1.807) is 19.1 Å². The summed E-state index contributed by atoms with van der Waals surface area (Å²) in [4.78, 5) is 26.7. The lowest BCUT2D eigenvalue weighted by Crippen LogP contribution is -2.47. The molecule has 22 heavy (non-hydrogen) atoms. The summed E-state index contributed by atoms with van der Waals surface area (Å²) in [5, 5.41) is 6.77. The zero-order valence-electron chi connectivity index (χ0n) is 12.8. The summed E-state index contributed by atoms with van der Waals surface area (Å²) in [7, 11) is 0. The molecule has 1 atom stereocenters. The molecule has 0 saturated carbocycles. The summed E-state index contributed by atoms with van der Waals surface area (Å²) >= 11 is 6.06. The topological polar surface area (TPSA) is 61.4 Å². The molecule has 1 aromatic carbocycles. The second-order valence-corrected chi connectivity index (χ2v) is 6.58. The van der Waals surface area contributed by atoms with Crippen molar-refractivity contribution in [1.29, 1.82) is 0 Å². The lowest BCUT2D eigenvalue weighted by molar-refractivity contribution is -0.133. The van der Waals surface area contributed by atoms with Crippen molar-refractivity contribution in [3.05, 3.63) is 34.3 Å². The van der Waals surface area contributed by atoms with Crippen LogP contribution in [0.5, 0.6) is 0 Å². The molecule has 118 valence electrons. The van der Waals surface area contributed by atoms with Gasteiger partial charge in [0.05, 0.1) is 0 Å². The van der Waals surface area contributed by atoms with Crippen molar-refractivity contribution in [1.82, 2.24) is 15.5 Å². The molecule has 1 aromatic rings. The van der Waals surface area contributed by atoms with Crippen LogP contribution in [0, 0.1) is 6.92 Å². The summed E-state index contributed by atoms with van der Waals surface area (Å²) in [6, 6.07) is 5.12. The predicted octanol–water partition coefficient (Wildman–Crippen LogP) is 2.17. The van der Waals surface area contributed by atoms with E-state index in [0.717, 1.165) is 37.1 Å². The molecule has 0 spiro atoms. The van der Waals surface area contributed by atoms with Crippen LogP contribution in [0.3, 0.4) is 0 Å². The Bertz CT molecular complexity index is 628. The molecule has 0 bridgehead atoms. The third kappa shape index (κ3) is 2.38. The van der Waals surface area contributed by atoms with E-state index in [0.29, 0.717) is 5.02 Å². The SMILES string of the molecule is Cc1cc(C2(C)NC(=O)N(C3CCNCC3)C2=O)ccc1Cl. The van der Waals surface area contributed by atoms with Crippen LogP contribution >= 0.6 is 11.6 Å². The van der Waals surface area contributed by atoms with Gasteiger partial charge in [0.1, 0.15) is 5.54 Å². The minimum atomic E-state index is -1.02. The van der Waals surface area contributed by atoms with Crippen LogP contribution in [0.2, 0.25) is 5.02 Å². The number of rotatable bonds is 2. The Morgan fingerprint density at radius 3 is 2.59 bits per heavy atom. The highest BCUT2D eigenvalue weighted by atomic mass is 35.5. The molecule has 2 aliphatic rings. The third-order valence-electron chi connectivity index (χ3n) is 4.63. The molecule has 1 unspecified atom stereocenters. The smallest absolute Gasteiger partial charge is 0.319 e. The standard InChI is InChI=1S/C16H20ClN3O2/c1-10-9-11(3-4-13(10)17)16(2)14(21)20(15(22)19-16)12-5-7-18-8-6-12/h3-4,9,12,18H,5-8H2,1-2H3,(H,19,22). The van der Waals surface area contributed by atoms with Crippen molar-refractivity contribution in [3.8, 4) is 0 Å². The highest BCUT2D eigenvalue weighted by Crippen LogP contribution is 2.33. The highest BCUT2D eigenvalue weighted by Gasteiger charge is 2.51. The maximum absolute atomic E-state index is 12.9. The lowest BCUT2D eigenvalue weighted by atomic mass is 9.90. The normalized spacial score (nSPS) is 26.4. The summed E-state index contributed by atoms with van der Waals surface area (Å²) < 4.78 is 0. The van der Waals surface area contributed by atoms with Crippen LogP contribution < -0.4 is 10.6 Å². The Hall–Kier alpha value is -1.59. The fourth-order valence-electron chi connectivity index (χ4n) is 3.21. The molecule has 5 nitrogen and oxygen atoms in total. The minimum absolute atomic E-state index is 0.0241. The Morgan fingerprint density at radius 2 is 1.95 bits per heavy atom. The highest BCUT2D eigenvalue weighted by molar-refractivity contribution is 6.31. The van der Waals surface area contributed by atoms with Gasteiger partial charge < -0.3 is 10.6 Å². The van der Waals surface area contributed by atoms with Gasteiger partial charge in [0.2, 0.25) is 0 Å². The van der Waals surface area contributed by atoms with Crippen molar-refractivity contribution < 1.29 is 9.59 Å². The second-order valence-electron chi connectivity index (χ2n) is 6.18. The van der Waals surface area contributed by atoms with Gasteiger partial charge in [-0.3, -0.25) is 9.69 Å². The molecule has 2 fully saturated rings. The number of nitrogens with one attached hydrogen (secondary N) is 2. The van der Waals surface area contributed by atoms with E-state index >= 15 is 0 Å². The van der Waals surface area contributed by atoms with E-state index in [-0.39, 0.29) is 18.0 Å². The predicted molar refractivity (Wildman–Crippen MR) is 84.8 cm³/mol. The Morgan fingerprint density at radius 1 is 1.27 bits per heavy atom. The third-order valence-corrected chi connectivity index (χ3v) is 5.06. The van der Waals surface area contributed by atoms with Gasteiger partial charge in [-0.2, -0.15) is 0 Å². The molecule has 2 saturated heterocycles.